The van der Waals surface area contributed by atoms with Crippen LogP contribution < -0.4 is 4.90 Å². The Morgan fingerprint density at radius 3 is 2.57 bits per heavy atom. The van der Waals surface area contributed by atoms with Gasteiger partial charge in [0.25, 0.3) is 0 Å². The number of hydrogen-bond donors (Lipinski definition) is 0. The van der Waals surface area contributed by atoms with Crippen LogP contribution in [0, 0.1) is 0 Å². The van der Waals surface area contributed by atoms with E-state index in [1.54, 1.807) is 32.4 Å². The van der Waals surface area contributed by atoms with Gasteiger partial charge in [-0.3, -0.25) is 4.90 Å². The van der Waals surface area contributed by atoms with E-state index in [-0.39, 0.29) is 24.8 Å². The molecule has 2 heterocycles. The fraction of sp³-hybridized carbons (Fsp3) is 0.476. The van der Waals surface area contributed by atoms with Crippen molar-refractivity contribution in [1.29, 1.82) is 0 Å². The third-order valence-corrected chi connectivity index (χ3v) is 4.91. The highest BCUT2D eigenvalue weighted by Crippen LogP contribution is 2.38. The maximum absolute atomic E-state index is 12.9. The lowest BCUT2D eigenvalue weighted by Gasteiger charge is -2.24. The number of aromatic nitrogens is 2. The molecule has 0 spiro atoms. The highest BCUT2D eigenvalue weighted by molar-refractivity contribution is 9.10. The van der Waals surface area contributed by atoms with Crippen molar-refractivity contribution in [1.82, 2.24) is 9.78 Å². The highest BCUT2D eigenvalue weighted by atomic mass is 79.9. The lowest BCUT2D eigenvalue weighted by molar-refractivity contribution is 0.0526. The van der Waals surface area contributed by atoms with Gasteiger partial charge in [0, 0.05) is 0 Å². The van der Waals surface area contributed by atoms with Crippen LogP contribution in [0.25, 0.3) is 0 Å². The van der Waals surface area contributed by atoms with E-state index < -0.39 is 17.7 Å². The quantitative estimate of drug-likeness (QED) is 0.573. The Kier molecular flexibility index (Phi) is 6.82. The van der Waals surface area contributed by atoms with Crippen LogP contribution in [0.2, 0.25) is 0 Å². The number of hydrogen-bond acceptors (Lipinski definition) is 6. The summed E-state index contributed by atoms with van der Waals surface area (Å²) in [7, 11) is 0. The highest BCUT2D eigenvalue weighted by Gasteiger charge is 2.41. The van der Waals surface area contributed by atoms with E-state index in [1.165, 1.54) is 4.90 Å². The van der Waals surface area contributed by atoms with Gasteiger partial charge in [0.2, 0.25) is 0 Å². The van der Waals surface area contributed by atoms with Crippen molar-refractivity contribution in [3.05, 3.63) is 46.1 Å². The van der Waals surface area contributed by atoms with Crippen molar-refractivity contribution in [2.75, 3.05) is 24.7 Å². The molecule has 1 aliphatic heterocycles. The van der Waals surface area contributed by atoms with Gasteiger partial charge in [-0.25, -0.2) is 14.3 Å². The zero-order valence-electron chi connectivity index (χ0n) is 17.6. The maximum Gasteiger partial charge on any atom is 0.416 e. The van der Waals surface area contributed by atoms with Gasteiger partial charge in [-0.1, -0.05) is 30.3 Å². The van der Waals surface area contributed by atoms with E-state index in [1.807, 2.05) is 30.3 Å². The Balaban J connectivity index is 1.85. The zero-order chi connectivity index (χ0) is 21.9. The molecule has 2 aromatic rings. The third-order valence-electron chi connectivity index (χ3n) is 4.35. The molecule has 3 rings (SSSR count). The number of amides is 1. The summed E-state index contributed by atoms with van der Waals surface area (Å²) in [6.45, 7) is 8.35. The van der Waals surface area contributed by atoms with Gasteiger partial charge < -0.3 is 14.2 Å². The summed E-state index contributed by atoms with van der Waals surface area (Å²) in [5.74, 6) is -0.201. The molecule has 1 aromatic carbocycles. The van der Waals surface area contributed by atoms with Gasteiger partial charge >= 0.3 is 12.1 Å². The largest absolute Gasteiger partial charge is 0.462 e. The van der Waals surface area contributed by atoms with Gasteiger partial charge in [0.1, 0.15) is 15.8 Å². The second-order valence-corrected chi connectivity index (χ2v) is 8.65. The van der Waals surface area contributed by atoms with Crippen molar-refractivity contribution >= 4 is 33.8 Å². The van der Waals surface area contributed by atoms with Crippen molar-refractivity contribution in [2.24, 2.45) is 0 Å². The van der Waals surface area contributed by atoms with Crippen molar-refractivity contribution < 1.29 is 23.8 Å². The minimum Gasteiger partial charge on any atom is -0.462 e. The zero-order valence-corrected chi connectivity index (χ0v) is 19.1. The molecule has 162 valence electrons. The molecular weight excluding hydrogens is 454 g/mol. The molecule has 9 heteroatoms. The molecule has 1 aliphatic rings. The first-order chi connectivity index (χ1) is 14.2. The number of carbonyl (C=O) groups is 2. The van der Waals surface area contributed by atoms with Crippen LogP contribution in [0.15, 0.2) is 34.9 Å². The van der Waals surface area contributed by atoms with Crippen LogP contribution >= 0.6 is 15.9 Å². The van der Waals surface area contributed by atoms with Crippen LogP contribution in [-0.4, -0.2) is 47.2 Å². The molecule has 0 radical (unpaired) electrons. The Hall–Kier alpha value is -2.39. The fourth-order valence-electron chi connectivity index (χ4n) is 3.15. The van der Waals surface area contributed by atoms with E-state index in [9.17, 15) is 9.59 Å². The summed E-state index contributed by atoms with van der Waals surface area (Å²) >= 11 is 3.33. The van der Waals surface area contributed by atoms with E-state index in [2.05, 4.69) is 21.0 Å². The number of ether oxygens (including phenoxy) is 3. The Morgan fingerprint density at radius 2 is 1.93 bits per heavy atom. The molecule has 30 heavy (non-hydrogen) atoms. The van der Waals surface area contributed by atoms with E-state index >= 15 is 0 Å². The molecule has 1 amide bonds. The first kappa shape index (κ1) is 22.3. The normalized spacial score (nSPS) is 15.8. The Labute approximate surface area is 184 Å². The number of fused-ring (bicyclic) bond motifs is 1. The number of benzene rings is 1. The average Bonchev–Trinajstić information content (AvgIpc) is 3.17. The number of esters is 1. The summed E-state index contributed by atoms with van der Waals surface area (Å²) in [5.41, 5.74) is 0.576. The Bertz CT molecular complexity index is 907. The van der Waals surface area contributed by atoms with Gasteiger partial charge in [0.15, 0.2) is 5.82 Å². The summed E-state index contributed by atoms with van der Waals surface area (Å²) in [6, 6.07) is 9.55. The van der Waals surface area contributed by atoms with Crippen LogP contribution in [0.5, 0.6) is 0 Å². The minimum absolute atomic E-state index is 0.202. The first-order valence-corrected chi connectivity index (χ1v) is 10.6. The SMILES string of the molecule is CCOC(=O)c1c(Br)nn2c1N(C(=O)OC(C)(C)C)CC2COCc1ccccc1. The predicted molar refractivity (Wildman–Crippen MR) is 115 cm³/mol. The number of carbonyl (C=O) groups excluding carboxylic acids is 2. The molecule has 0 saturated heterocycles. The molecule has 0 N–H and O–H groups in total. The van der Waals surface area contributed by atoms with Gasteiger partial charge in [0.05, 0.1) is 32.4 Å². The number of anilines is 1. The molecule has 0 bridgehead atoms. The molecule has 1 unspecified atom stereocenters. The van der Waals surface area contributed by atoms with Crippen LogP contribution in [0.1, 0.15) is 49.7 Å². The summed E-state index contributed by atoms with van der Waals surface area (Å²) in [4.78, 5) is 26.8. The molecule has 1 atom stereocenters. The van der Waals surface area contributed by atoms with Crippen molar-refractivity contribution in [2.45, 2.75) is 45.9 Å². The van der Waals surface area contributed by atoms with Gasteiger partial charge in [-0.05, 0) is 49.2 Å². The maximum atomic E-state index is 12.9. The van der Waals surface area contributed by atoms with Crippen molar-refractivity contribution in [3.63, 3.8) is 0 Å². The summed E-state index contributed by atoms with van der Waals surface area (Å²) < 4.78 is 18.5. The van der Waals surface area contributed by atoms with E-state index in [4.69, 9.17) is 14.2 Å². The van der Waals surface area contributed by atoms with E-state index in [0.29, 0.717) is 23.6 Å². The summed E-state index contributed by atoms with van der Waals surface area (Å²) in [6.07, 6.45) is -0.549. The molecule has 0 aliphatic carbocycles. The molecule has 8 nitrogen and oxygen atoms in total. The van der Waals surface area contributed by atoms with Crippen LogP contribution in [0.4, 0.5) is 10.6 Å². The number of nitrogens with zero attached hydrogens (tertiary/aromatic N) is 3. The molecule has 0 fully saturated rings. The smallest absolute Gasteiger partial charge is 0.416 e. The van der Waals surface area contributed by atoms with Gasteiger partial charge in [-0.2, -0.15) is 5.10 Å². The monoisotopic (exact) mass is 479 g/mol. The second kappa shape index (κ2) is 9.18. The lowest BCUT2D eigenvalue weighted by Crippen LogP contribution is -2.37. The topological polar surface area (TPSA) is 82.9 Å². The molecule has 1 aromatic heterocycles. The lowest BCUT2D eigenvalue weighted by atomic mass is 10.2. The first-order valence-electron chi connectivity index (χ1n) is 9.78. The fourth-order valence-corrected chi connectivity index (χ4v) is 3.66. The average molecular weight is 480 g/mol. The van der Waals surface area contributed by atoms with Crippen molar-refractivity contribution in [3.8, 4) is 0 Å². The molecule has 0 saturated carbocycles. The second-order valence-electron chi connectivity index (χ2n) is 7.90. The third kappa shape index (κ3) is 5.02. The summed E-state index contributed by atoms with van der Waals surface area (Å²) in [5, 5.41) is 4.43. The number of rotatable bonds is 6. The standard InChI is InChI=1S/C21H26BrN3O5/c1-5-29-19(26)16-17(22)23-25-15(13-28-12-14-9-7-6-8-10-14)11-24(18(16)25)20(27)30-21(2,3)4/h6-10,15H,5,11-13H2,1-4H3. The van der Waals surface area contributed by atoms with Crippen LogP contribution in [0.3, 0.4) is 0 Å². The van der Waals surface area contributed by atoms with E-state index in [0.717, 1.165) is 5.56 Å². The molecular formula is C21H26BrN3O5. The minimum atomic E-state index is -0.675. The number of halogens is 1. The van der Waals surface area contributed by atoms with Gasteiger partial charge in [-0.15, -0.1) is 0 Å². The predicted octanol–water partition coefficient (Wildman–Crippen LogP) is 4.34. The Morgan fingerprint density at radius 1 is 1.23 bits per heavy atom. The van der Waals surface area contributed by atoms with Crippen LogP contribution in [-0.2, 0) is 20.8 Å².